The molecule has 37 heavy (non-hydrogen) atoms. The summed E-state index contributed by atoms with van der Waals surface area (Å²) in [7, 11) is 3.72. The first kappa shape index (κ1) is 30.6. The number of amides is 2. The summed E-state index contributed by atoms with van der Waals surface area (Å²) in [5, 5.41) is 3.12. The predicted octanol–water partition coefficient (Wildman–Crippen LogP) is 4.39. The molecular formula is C30H47N3O4. The Kier molecular flexibility index (Phi) is 10.9. The molecule has 4 atom stereocenters. The summed E-state index contributed by atoms with van der Waals surface area (Å²) in [6.45, 7) is 14.5. The number of likely N-dealkylation sites (N-methyl/N-ethyl adjacent to an activating group) is 2. The van der Waals surface area contributed by atoms with Gasteiger partial charge in [0.05, 0.1) is 18.7 Å². The van der Waals surface area contributed by atoms with Gasteiger partial charge < -0.3 is 15.0 Å². The fraction of sp³-hybridized carbons (Fsp3) is 0.633. The van der Waals surface area contributed by atoms with E-state index in [2.05, 4.69) is 22.3 Å². The third-order valence-electron chi connectivity index (χ3n) is 7.34. The molecule has 0 bridgehead atoms. The van der Waals surface area contributed by atoms with Crippen LogP contribution in [0.4, 0.5) is 0 Å². The van der Waals surface area contributed by atoms with Gasteiger partial charge in [-0.05, 0) is 63.1 Å². The van der Waals surface area contributed by atoms with Gasteiger partial charge in [0.1, 0.15) is 6.04 Å². The lowest BCUT2D eigenvalue weighted by atomic mass is 9.83. The van der Waals surface area contributed by atoms with Crippen molar-refractivity contribution in [3.8, 4) is 0 Å². The summed E-state index contributed by atoms with van der Waals surface area (Å²) in [6.07, 6.45) is 3.50. The molecule has 0 radical (unpaired) electrons. The van der Waals surface area contributed by atoms with Crippen LogP contribution in [0.2, 0.25) is 0 Å². The minimum absolute atomic E-state index is 0.0609. The number of nitrogens with one attached hydrogen (secondary N) is 1. The van der Waals surface area contributed by atoms with Crippen molar-refractivity contribution in [3.63, 3.8) is 0 Å². The van der Waals surface area contributed by atoms with Crippen LogP contribution in [-0.2, 0) is 19.1 Å². The lowest BCUT2D eigenvalue weighted by Gasteiger charge is -2.40. The fourth-order valence-corrected chi connectivity index (χ4v) is 4.98. The van der Waals surface area contributed by atoms with Crippen LogP contribution in [-0.4, -0.2) is 73.0 Å². The molecule has 0 unspecified atom stereocenters. The molecule has 1 aliphatic rings. The third kappa shape index (κ3) is 8.16. The standard InChI is InChI=1S/C30H47N3O4/c1-10-37-29(36)21(4)18-24(20(2)3)33(9)28(35)26(30(5,6)7)31-27(34)25-19-23(16-17-32(25)8)22-14-12-11-13-15-22/h11-15,18,20,23-26H,10,16-17,19H2,1-9H3,(H,31,34)/t23-,24+,25-,26+/m0/s1. The average molecular weight is 514 g/mol. The molecule has 1 aromatic rings. The largest absolute Gasteiger partial charge is 0.463 e. The second-order valence-electron chi connectivity index (χ2n) is 11.7. The third-order valence-corrected chi connectivity index (χ3v) is 7.34. The lowest BCUT2D eigenvalue weighted by Crippen LogP contribution is -2.60. The Hall–Kier alpha value is -2.67. The van der Waals surface area contributed by atoms with E-state index in [4.69, 9.17) is 4.74 Å². The Balaban J connectivity index is 2.25. The highest BCUT2D eigenvalue weighted by Gasteiger charge is 2.40. The van der Waals surface area contributed by atoms with Crippen molar-refractivity contribution in [1.29, 1.82) is 0 Å². The summed E-state index contributed by atoms with van der Waals surface area (Å²) >= 11 is 0. The molecule has 0 spiro atoms. The monoisotopic (exact) mass is 513 g/mol. The van der Waals surface area contributed by atoms with E-state index >= 15 is 0 Å². The van der Waals surface area contributed by atoms with E-state index in [1.54, 1.807) is 31.9 Å². The highest BCUT2D eigenvalue weighted by atomic mass is 16.5. The number of nitrogens with zero attached hydrogens (tertiary/aromatic N) is 2. The molecule has 2 rings (SSSR count). The normalized spacial score (nSPS) is 20.8. The van der Waals surface area contributed by atoms with Crippen molar-refractivity contribution in [2.24, 2.45) is 11.3 Å². The van der Waals surface area contributed by atoms with E-state index in [1.807, 2.05) is 59.9 Å². The van der Waals surface area contributed by atoms with Crippen molar-refractivity contribution >= 4 is 17.8 Å². The molecule has 1 heterocycles. The van der Waals surface area contributed by atoms with Crippen molar-refractivity contribution in [3.05, 3.63) is 47.5 Å². The summed E-state index contributed by atoms with van der Waals surface area (Å²) in [5.41, 5.74) is 1.21. The van der Waals surface area contributed by atoms with Crippen molar-refractivity contribution in [2.75, 3.05) is 27.2 Å². The van der Waals surface area contributed by atoms with Crippen molar-refractivity contribution < 1.29 is 19.1 Å². The van der Waals surface area contributed by atoms with E-state index in [9.17, 15) is 14.4 Å². The van der Waals surface area contributed by atoms with Crippen LogP contribution >= 0.6 is 0 Å². The van der Waals surface area contributed by atoms with Crippen LogP contribution in [0.3, 0.4) is 0 Å². The average Bonchev–Trinajstić information content (AvgIpc) is 2.84. The zero-order valence-corrected chi connectivity index (χ0v) is 24.2. The molecule has 0 aromatic heterocycles. The summed E-state index contributed by atoms with van der Waals surface area (Å²) in [4.78, 5) is 43.4. The van der Waals surface area contributed by atoms with Crippen molar-refractivity contribution in [2.45, 2.75) is 85.4 Å². The van der Waals surface area contributed by atoms with Crippen LogP contribution in [0.1, 0.15) is 72.8 Å². The summed E-state index contributed by atoms with van der Waals surface area (Å²) in [5.74, 6) is -0.315. The molecule has 1 fully saturated rings. The van der Waals surface area contributed by atoms with Gasteiger partial charge in [-0.3, -0.25) is 14.5 Å². The van der Waals surface area contributed by atoms with Crippen LogP contribution in [0.15, 0.2) is 42.0 Å². The maximum absolute atomic E-state index is 13.9. The first-order chi connectivity index (χ1) is 17.3. The van der Waals surface area contributed by atoms with Gasteiger partial charge in [-0.2, -0.15) is 0 Å². The number of benzene rings is 1. The zero-order chi connectivity index (χ0) is 27.9. The highest BCUT2D eigenvalue weighted by Crippen LogP contribution is 2.31. The van der Waals surface area contributed by atoms with Gasteiger partial charge in [0.2, 0.25) is 11.8 Å². The number of hydrogen-bond acceptors (Lipinski definition) is 5. The Labute approximate surface area is 223 Å². The quantitative estimate of drug-likeness (QED) is 0.391. The second kappa shape index (κ2) is 13.2. The Bertz CT molecular complexity index is 951. The maximum atomic E-state index is 13.9. The summed E-state index contributed by atoms with van der Waals surface area (Å²) in [6, 6.07) is 8.98. The van der Waals surface area contributed by atoms with E-state index in [0.29, 0.717) is 24.5 Å². The molecule has 1 aliphatic heterocycles. The SMILES string of the molecule is CCOC(=O)C(C)=C[C@H](C(C)C)N(C)C(=O)[C@@H](NC(=O)[C@@H]1C[C@@H](c2ccccc2)CCN1C)C(C)(C)C. The Morgan fingerprint density at radius 3 is 2.35 bits per heavy atom. The molecule has 1 N–H and O–H groups in total. The van der Waals surface area contributed by atoms with Gasteiger partial charge >= 0.3 is 5.97 Å². The maximum Gasteiger partial charge on any atom is 0.333 e. The number of likely N-dealkylation sites (tertiary alicyclic amines) is 1. The minimum Gasteiger partial charge on any atom is -0.463 e. The van der Waals surface area contributed by atoms with Crippen molar-refractivity contribution in [1.82, 2.24) is 15.1 Å². The van der Waals surface area contributed by atoms with E-state index in [1.165, 1.54) is 5.56 Å². The molecular weight excluding hydrogens is 466 g/mol. The Morgan fingerprint density at radius 1 is 1.19 bits per heavy atom. The number of carbonyl (C=O) groups excluding carboxylic acids is 3. The number of hydrogen-bond donors (Lipinski definition) is 1. The Morgan fingerprint density at radius 2 is 1.81 bits per heavy atom. The van der Waals surface area contributed by atoms with Gasteiger partial charge in [0.15, 0.2) is 0 Å². The van der Waals surface area contributed by atoms with Gasteiger partial charge in [-0.15, -0.1) is 0 Å². The van der Waals surface area contributed by atoms with Gasteiger partial charge in [0, 0.05) is 12.6 Å². The van der Waals surface area contributed by atoms with Gasteiger partial charge in [0.25, 0.3) is 0 Å². The first-order valence-corrected chi connectivity index (χ1v) is 13.5. The number of rotatable bonds is 9. The molecule has 1 saturated heterocycles. The molecule has 7 nitrogen and oxygen atoms in total. The zero-order valence-electron chi connectivity index (χ0n) is 24.2. The van der Waals surface area contributed by atoms with Crippen LogP contribution < -0.4 is 5.32 Å². The van der Waals surface area contributed by atoms with E-state index in [-0.39, 0.29) is 35.8 Å². The lowest BCUT2D eigenvalue weighted by molar-refractivity contribution is -0.142. The topological polar surface area (TPSA) is 79.0 Å². The highest BCUT2D eigenvalue weighted by molar-refractivity contribution is 5.91. The molecule has 1 aromatic carbocycles. The molecule has 206 valence electrons. The number of ether oxygens (including phenoxy) is 1. The smallest absolute Gasteiger partial charge is 0.333 e. The molecule has 0 aliphatic carbocycles. The second-order valence-corrected chi connectivity index (χ2v) is 11.7. The number of carbonyl (C=O) groups is 3. The first-order valence-electron chi connectivity index (χ1n) is 13.5. The van der Waals surface area contributed by atoms with Gasteiger partial charge in [-0.25, -0.2) is 4.79 Å². The van der Waals surface area contributed by atoms with Crippen LogP contribution in [0.5, 0.6) is 0 Å². The molecule has 7 heteroatoms. The van der Waals surface area contributed by atoms with Gasteiger partial charge in [-0.1, -0.05) is 71.0 Å². The summed E-state index contributed by atoms with van der Waals surface area (Å²) < 4.78 is 5.12. The number of piperidine rings is 1. The van der Waals surface area contributed by atoms with E-state index < -0.39 is 11.5 Å². The number of esters is 1. The van der Waals surface area contributed by atoms with Crippen LogP contribution in [0.25, 0.3) is 0 Å². The van der Waals surface area contributed by atoms with E-state index in [0.717, 1.165) is 13.0 Å². The molecule has 0 saturated carbocycles. The molecule has 2 amide bonds. The fourth-order valence-electron chi connectivity index (χ4n) is 4.98. The van der Waals surface area contributed by atoms with Crippen LogP contribution in [0, 0.1) is 11.3 Å². The predicted molar refractivity (Wildman–Crippen MR) is 148 cm³/mol. The minimum atomic E-state index is -0.715.